The lowest BCUT2D eigenvalue weighted by Gasteiger charge is -2.35. The second-order valence-corrected chi connectivity index (χ2v) is 14.0. The van der Waals surface area contributed by atoms with Crippen LogP contribution in [-0.2, 0) is 0 Å². The third-order valence-electron chi connectivity index (χ3n) is 7.27. The van der Waals surface area contributed by atoms with E-state index >= 15 is 0 Å². The zero-order valence-electron chi connectivity index (χ0n) is 21.9. The summed E-state index contributed by atoms with van der Waals surface area (Å²) in [6.45, 7) is 8.87. The van der Waals surface area contributed by atoms with Crippen LogP contribution < -0.4 is 28.3 Å². The molecule has 1 nitrogen and oxygen atoms in total. The minimum Gasteiger partial charge on any atom is -1.00 e. The van der Waals surface area contributed by atoms with Crippen LogP contribution in [0.15, 0.2) is 126 Å². The van der Waals surface area contributed by atoms with E-state index in [4.69, 9.17) is 0 Å². The molecule has 36 heavy (non-hydrogen) atoms. The fourth-order valence-corrected chi connectivity index (χ4v) is 9.69. The Kier molecular flexibility index (Phi) is 9.53. The molecule has 0 radical (unpaired) electrons. The van der Waals surface area contributed by atoms with Crippen molar-refractivity contribution in [3.05, 3.63) is 126 Å². The van der Waals surface area contributed by atoms with Crippen LogP contribution in [0.3, 0.4) is 0 Å². The molecule has 0 aliphatic heterocycles. The van der Waals surface area contributed by atoms with Crippen LogP contribution in [0.5, 0.6) is 0 Å². The van der Waals surface area contributed by atoms with Gasteiger partial charge in [-0.2, -0.15) is 0 Å². The van der Waals surface area contributed by atoms with E-state index in [-0.39, 0.29) is 23.9 Å². The Hall–Kier alpha value is -2.44. The number of hydrogen-bond acceptors (Lipinski definition) is 1. The molecule has 0 unspecified atom stereocenters. The molecule has 0 saturated heterocycles. The van der Waals surface area contributed by atoms with Crippen molar-refractivity contribution in [3.8, 4) is 0 Å². The van der Waals surface area contributed by atoms with Gasteiger partial charge in [0.25, 0.3) is 0 Å². The molecule has 0 fully saturated rings. The van der Waals surface area contributed by atoms with Gasteiger partial charge in [0.2, 0.25) is 0 Å². The Morgan fingerprint density at radius 1 is 0.861 bits per heavy atom. The van der Waals surface area contributed by atoms with Crippen molar-refractivity contribution < 1.29 is 17.5 Å². The van der Waals surface area contributed by atoms with E-state index in [9.17, 15) is 5.11 Å². The first-order chi connectivity index (χ1) is 16.8. The highest BCUT2D eigenvalue weighted by Crippen LogP contribution is 2.55. The number of benzene rings is 3. The summed E-state index contributed by atoms with van der Waals surface area (Å²) >= 11 is 0. The summed E-state index contributed by atoms with van der Waals surface area (Å²) in [7, 11) is -1.86. The van der Waals surface area contributed by atoms with Crippen molar-refractivity contribution in [3.63, 3.8) is 0 Å². The minimum atomic E-state index is -1.86. The fraction of sp³-hybridized carbons (Fsp3) is 0.273. The molecule has 188 valence electrons. The molecule has 3 heteroatoms. The molecule has 0 amide bonds. The van der Waals surface area contributed by atoms with Gasteiger partial charge in [-0.15, -0.1) is 0 Å². The van der Waals surface area contributed by atoms with Crippen LogP contribution in [0.25, 0.3) is 0 Å². The Labute approximate surface area is 224 Å². The van der Waals surface area contributed by atoms with Gasteiger partial charge in [-0.25, -0.2) is 0 Å². The molecule has 0 heterocycles. The lowest BCUT2D eigenvalue weighted by atomic mass is 9.71. The molecular weight excluding hydrogens is 479 g/mol. The van der Waals surface area contributed by atoms with E-state index in [1.54, 1.807) is 0 Å². The predicted octanol–water partition coefficient (Wildman–Crippen LogP) is 3.98. The summed E-state index contributed by atoms with van der Waals surface area (Å²) in [4.78, 5) is 0. The van der Waals surface area contributed by atoms with Gasteiger partial charge in [-0.05, 0) is 80.2 Å². The van der Waals surface area contributed by atoms with Gasteiger partial charge in [0.05, 0.1) is 12.3 Å². The van der Waals surface area contributed by atoms with E-state index in [1.807, 2.05) is 0 Å². The van der Waals surface area contributed by atoms with Crippen LogP contribution in [0.4, 0.5) is 0 Å². The third-order valence-corrected chi connectivity index (χ3v) is 11.5. The highest BCUT2D eigenvalue weighted by molar-refractivity contribution is 7.95. The molecule has 0 spiro atoms. The van der Waals surface area contributed by atoms with Gasteiger partial charge in [0, 0.05) is 0 Å². The standard InChI is InChI=1S/C33H38OP.ClH/c1-26(20-21-32-27(2)24-28(34)25-33(32,3)4)22-23-35(29-14-8-5-9-15-29,30-16-10-6-11-17-30)31-18-12-7-13-19-31;/h5-22,28,34H,23-25H2,1-4H3;1H/q+1;/p-1/t28-;/m1./s1. The molecule has 0 saturated carbocycles. The maximum atomic E-state index is 10.2. The molecule has 3 aromatic rings. The van der Waals surface area contributed by atoms with Crippen molar-refractivity contribution in [2.75, 3.05) is 6.16 Å². The van der Waals surface area contributed by atoms with Gasteiger partial charge in [0.1, 0.15) is 23.2 Å². The zero-order chi connectivity index (χ0) is 24.9. The van der Waals surface area contributed by atoms with Gasteiger partial charge < -0.3 is 17.5 Å². The van der Waals surface area contributed by atoms with E-state index in [0.29, 0.717) is 0 Å². The SMILES string of the molecule is CC(C=CC1=C(C)C[C@@H](O)CC1(C)C)=CC[P+](c1ccccc1)(c1ccccc1)c1ccccc1.[Cl-]. The Morgan fingerprint density at radius 3 is 1.72 bits per heavy atom. The monoisotopic (exact) mass is 516 g/mol. The first-order valence-electron chi connectivity index (χ1n) is 12.6. The smallest absolute Gasteiger partial charge is 0.115 e. The Balaban J connectivity index is 0.00000361. The lowest BCUT2D eigenvalue weighted by Crippen LogP contribution is -3.00. The van der Waals surface area contributed by atoms with E-state index in [2.05, 4.69) is 137 Å². The first-order valence-corrected chi connectivity index (χ1v) is 14.6. The number of hydrogen-bond donors (Lipinski definition) is 1. The minimum absolute atomic E-state index is 0. The molecule has 0 bridgehead atoms. The van der Waals surface area contributed by atoms with E-state index in [0.717, 1.165) is 19.0 Å². The van der Waals surface area contributed by atoms with E-state index < -0.39 is 7.26 Å². The number of halogens is 1. The summed E-state index contributed by atoms with van der Waals surface area (Å²) in [6, 6.07) is 33.1. The van der Waals surface area contributed by atoms with Crippen molar-refractivity contribution >= 4 is 23.2 Å². The van der Waals surface area contributed by atoms with E-state index in [1.165, 1.54) is 32.6 Å². The van der Waals surface area contributed by atoms with Crippen molar-refractivity contribution in [1.82, 2.24) is 0 Å². The molecule has 4 rings (SSSR count). The Morgan fingerprint density at radius 2 is 1.31 bits per heavy atom. The highest BCUT2D eigenvalue weighted by atomic mass is 35.5. The molecule has 0 aromatic heterocycles. The van der Waals surface area contributed by atoms with Crippen molar-refractivity contribution in [2.45, 2.75) is 46.6 Å². The lowest BCUT2D eigenvalue weighted by molar-refractivity contribution is -0.0000117. The maximum absolute atomic E-state index is 10.2. The van der Waals surface area contributed by atoms with Crippen molar-refractivity contribution in [2.24, 2.45) is 5.41 Å². The summed E-state index contributed by atoms with van der Waals surface area (Å²) < 4.78 is 0. The van der Waals surface area contributed by atoms with Crippen LogP contribution in [0.1, 0.15) is 40.5 Å². The molecule has 1 aliphatic rings. The summed E-state index contributed by atoms with van der Waals surface area (Å²) in [5, 5.41) is 14.5. The molecule has 1 atom stereocenters. The van der Waals surface area contributed by atoms with Crippen LogP contribution in [0.2, 0.25) is 0 Å². The molecule has 1 aliphatic carbocycles. The average Bonchev–Trinajstić information content (AvgIpc) is 2.85. The second kappa shape index (κ2) is 12.2. The second-order valence-electron chi connectivity index (χ2n) is 10.4. The van der Waals surface area contributed by atoms with Crippen LogP contribution in [-0.4, -0.2) is 17.4 Å². The van der Waals surface area contributed by atoms with Crippen LogP contribution in [0, 0.1) is 5.41 Å². The predicted molar refractivity (Wildman–Crippen MR) is 155 cm³/mol. The normalized spacial score (nSPS) is 18.2. The zero-order valence-corrected chi connectivity index (χ0v) is 23.5. The number of rotatable bonds is 7. The highest BCUT2D eigenvalue weighted by Gasteiger charge is 2.44. The van der Waals surface area contributed by atoms with Gasteiger partial charge >= 0.3 is 0 Å². The number of aliphatic hydroxyl groups excluding tert-OH is 1. The first kappa shape index (κ1) is 28.1. The van der Waals surface area contributed by atoms with Crippen LogP contribution >= 0.6 is 7.26 Å². The van der Waals surface area contributed by atoms with Crippen molar-refractivity contribution in [1.29, 1.82) is 0 Å². The number of aliphatic hydroxyl groups is 1. The summed E-state index contributed by atoms with van der Waals surface area (Å²) in [5.41, 5.74) is 3.94. The summed E-state index contributed by atoms with van der Waals surface area (Å²) in [5.74, 6) is 0. The topological polar surface area (TPSA) is 20.2 Å². The Bertz CT molecular complexity index is 1110. The largest absolute Gasteiger partial charge is 1.00 e. The fourth-order valence-electron chi connectivity index (χ4n) is 5.55. The average molecular weight is 517 g/mol. The quantitative estimate of drug-likeness (QED) is 0.372. The number of allylic oxidation sites excluding steroid dienone is 5. The summed E-state index contributed by atoms with van der Waals surface area (Å²) in [6.07, 6.45) is 9.33. The molecular formula is C33H38ClOP. The van der Waals surface area contributed by atoms with Gasteiger partial charge in [-0.1, -0.05) is 91.7 Å². The molecule has 1 N–H and O–H groups in total. The van der Waals surface area contributed by atoms with Gasteiger partial charge in [0.15, 0.2) is 0 Å². The third kappa shape index (κ3) is 6.09. The van der Waals surface area contributed by atoms with Gasteiger partial charge in [-0.3, -0.25) is 0 Å². The molecule has 3 aromatic carbocycles. The maximum Gasteiger partial charge on any atom is 0.115 e.